The molecule has 0 saturated heterocycles. The van der Waals surface area contributed by atoms with Gasteiger partial charge in [-0.1, -0.05) is 36.4 Å². The van der Waals surface area contributed by atoms with E-state index in [0.29, 0.717) is 5.75 Å². The molecule has 35 heavy (non-hydrogen) atoms. The van der Waals surface area contributed by atoms with Crippen molar-refractivity contribution in [2.24, 2.45) is 14.1 Å². The second-order valence-electron chi connectivity index (χ2n) is 9.77. The molecule has 0 N–H and O–H groups in total. The van der Waals surface area contributed by atoms with Gasteiger partial charge in [-0.15, -0.1) is 0 Å². The average Bonchev–Trinajstić information content (AvgIpc) is 3.40. The number of hydrogen-bond donors (Lipinski definition) is 0. The summed E-state index contributed by atoms with van der Waals surface area (Å²) >= 11 is 0. The van der Waals surface area contributed by atoms with Gasteiger partial charge in [-0.25, -0.2) is 0 Å². The van der Waals surface area contributed by atoms with Crippen molar-refractivity contribution in [1.82, 2.24) is 9.13 Å². The number of rotatable bonds is 3. The van der Waals surface area contributed by atoms with E-state index in [1.807, 2.05) is 32.3 Å². The summed E-state index contributed by atoms with van der Waals surface area (Å²) in [4.78, 5) is 15.7. The Morgan fingerprint density at radius 1 is 0.800 bits per heavy atom. The van der Waals surface area contributed by atoms with E-state index in [2.05, 4.69) is 84.4 Å². The van der Waals surface area contributed by atoms with Crippen LogP contribution in [0, 0.1) is 13.8 Å². The number of hydrogen-bond acceptors (Lipinski definition) is 3. The highest BCUT2D eigenvalue weighted by molar-refractivity contribution is 6.05. The second kappa shape index (κ2) is 7.51. The summed E-state index contributed by atoms with van der Waals surface area (Å²) in [5.74, 6) is -0.0453. The molecule has 6 rings (SSSR count). The fourth-order valence-corrected chi connectivity index (χ4v) is 5.78. The zero-order valence-electron chi connectivity index (χ0n) is 21.0. The molecule has 5 aromatic rings. The van der Waals surface area contributed by atoms with E-state index in [1.165, 1.54) is 10.9 Å². The first-order chi connectivity index (χ1) is 16.8. The van der Waals surface area contributed by atoms with Gasteiger partial charge >= 0.3 is 5.97 Å². The number of para-hydroxylation sites is 2. The van der Waals surface area contributed by atoms with Crippen LogP contribution in [0.5, 0.6) is 5.75 Å². The smallest absolute Gasteiger partial charge is 0.323 e. The molecule has 5 heteroatoms. The number of carbonyl (C=O) groups excluding carboxylic acids is 1. The van der Waals surface area contributed by atoms with Crippen LogP contribution in [0.1, 0.15) is 28.4 Å². The number of nitrogens with zero attached hydrogens (tertiary/aromatic N) is 3. The third kappa shape index (κ3) is 2.91. The predicted molar refractivity (Wildman–Crippen MR) is 143 cm³/mol. The molecule has 1 aliphatic heterocycles. The van der Waals surface area contributed by atoms with Crippen molar-refractivity contribution < 1.29 is 9.53 Å². The molecule has 0 amide bonds. The van der Waals surface area contributed by atoms with Gasteiger partial charge in [-0.05, 0) is 43.2 Å². The van der Waals surface area contributed by atoms with Crippen LogP contribution in [0.2, 0.25) is 0 Å². The van der Waals surface area contributed by atoms with Gasteiger partial charge in [0.05, 0.1) is 0 Å². The van der Waals surface area contributed by atoms with Crippen molar-refractivity contribution in [3.8, 4) is 16.9 Å². The molecule has 0 aliphatic carbocycles. The topological polar surface area (TPSA) is 39.4 Å². The molecule has 0 spiro atoms. The van der Waals surface area contributed by atoms with Crippen LogP contribution in [0.3, 0.4) is 0 Å². The lowest BCUT2D eigenvalue weighted by Gasteiger charge is -2.19. The molecule has 3 aromatic carbocycles. The Labute approximate surface area is 205 Å². The Hall–Kier alpha value is -3.99. The van der Waals surface area contributed by atoms with Crippen LogP contribution in [0.15, 0.2) is 60.7 Å². The van der Waals surface area contributed by atoms with Crippen LogP contribution in [0.4, 0.5) is 5.69 Å². The zero-order valence-corrected chi connectivity index (χ0v) is 21.0. The summed E-state index contributed by atoms with van der Waals surface area (Å²) in [6, 6.07) is 21.0. The van der Waals surface area contributed by atoms with Crippen LogP contribution in [-0.2, 0) is 18.9 Å². The summed E-state index contributed by atoms with van der Waals surface area (Å²) in [5, 5.41) is 2.28. The third-order valence-corrected chi connectivity index (χ3v) is 7.78. The molecule has 2 aromatic heterocycles. The number of esters is 1. The van der Waals surface area contributed by atoms with Crippen LogP contribution < -0.4 is 9.64 Å². The van der Waals surface area contributed by atoms with Crippen molar-refractivity contribution in [3.05, 3.63) is 83.2 Å². The van der Waals surface area contributed by atoms with Gasteiger partial charge in [0.15, 0.2) is 0 Å². The Morgan fingerprint density at radius 2 is 1.40 bits per heavy atom. The summed E-state index contributed by atoms with van der Waals surface area (Å²) in [6.07, 6.45) is 0. The van der Waals surface area contributed by atoms with Crippen LogP contribution in [-0.4, -0.2) is 29.2 Å². The summed E-state index contributed by atoms with van der Waals surface area (Å²) < 4.78 is 10.4. The maximum atomic E-state index is 13.6. The van der Waals surface area contributed by atoms with Crippen LogP contribution >= 0.6 is 0 Å². The minimum Gasteiger partial charge on any atom is -0.425 e. The average molecular weight is 464 g/mol. The van der Waals surface area contributed by atoms with Gasteiger partial charge < -0.3 is 18.8 Å². The van der Waals surface area contributed by atoms with Crippen molar-refractivity contribution in [1.29, 1.82) is 0 Å². The van der Waals surface area contributed by atoms with Crippen molar-refractivity contribution in [3.63, 3.8) is 0 Å². The molecule has 3 heterocycles. The molecule has 176 valence electrons. The number of benzene rings is 3. The first-order valence-corrected chi connectivity index (χ1v) is 11.9. The minimum absolute atomic E-state index is 0.213. The van der Waals surface area contributed by atoms with E-state index in [0.717, 1.165) is 50.2 Å². The number of fused-ring (bicyclic) bond motifs is 3. The fourth-order valence-electron chi connectivity index (χ4n) is 5.78. The van der Waals surface area contributed by atoms with E-state index < -0.39 is 5.92 Å². The molecule has 0 fully saturated rings. The van der Waals surface area contributed by atoms with Crippen molar-refractivity contribution in [2.45, 2.75) is 19.8 Å². The fraction of sp³-hybridized carbons (Fsp3) is 0.233. The third-order valence-electron chi connectivity index (χ3n) is 7.78. The predicted octanol–water partition coefficient (Wildman–Crippen LogP) is 6.07. The highest BCUT2D eigenvalue weighted by atomic mass is 16.5. The number of ether oxygens (including phenoxy) is 1. The normalized spacial score (nSPS) is 15.1. The van der Waals surface area contributed by atoms with Gasteiger partial charge in [0.1, 0.15) is 11.7 Å². The van der Waals surface area contributed by atoms with Crippen LogP contribution in [0.25, 0.3) is 32.9 Å². The Kier molecular flexibility index (Phi) is 4.62. The van der Waals surface area contributed by atoms with Gasteiger partial charge in [-0.3, -0.25) is 4.79 Å². The molecule has 0 radical (unpaired) electrons. The van der Waals surface area contributed by atoms with Crippen molar-refractivity contribution in [2.75, 3.05) is 19.0 Å². The summed E-state index contributed by atoms with van der Waals surface area (Å²) in [5.41, 5.74) is 9.75. The molecule has 1 aliphatic rings. The molecule has 5 nitrogen and oxygen atoms in total. The SMILES string of the molecule is Cc1c(-c2cc(N(C)C)cc3c2C(c2c(C)n(C)c4ccccc24)C(=O)O3)c2ccccc2n1C. The lowest BCUT2D eigenvalue weighted by atomic mass is 9.84. The Morgan fingerprint density at radius 3 is 2.09 bits per heavy atom. The molecular formula is C30H29N3O2. The lowest BCUT2D eigenvalue weighted by molar-refractivity contribution is -0.133. The molecular weight excluding hydrogens is 434 g/mol. The highest BCUT2D eigenvalue weighted by Crippen LogP contribution is 2.51. The minimum atomic E-state index is -0.485. The second-order valence-corrected chi connectivity index (χ2v) is 9.77. The molecule has 1 atom stereocenters. The number of carbonyl (C=O) groups is 1. The van der Waals surface area contributed by atoms with Gasteiger partial charge in [0, 0.05) is 84.3 Å². The first-order valence-electron chi connectivity index (χ1n) is 11.9. The molecule has 1 unspecified atom stereocenters. The van der Waals surface area contributed by atoms with E-state index in [9.17, 15) is 4.79 Å². The Balaban J connectivity index is 1.73. The maximum absolute atomic E-state index is 13.6. The highest BCUT2D eigenvalue weighted by Gasteiger charge is 2.41. The maximum Gasteiger partial charge on any atom is 0.323 e. The number of aryl methyl sites for hydroxylation is 2. The zero-order chi connectivity index (χ0) is 24.6. The lowest BCUT2D eigenvalue weighted by Crippen LogP contribution is -2.13. The van der Waals surface area contributed by atoms with Gasteiger partial charge in [-0.2, -0.15) is 0 Å². The molecule has 0 bridgehead atoms. The monoisotopic (exact) mass is 463 g/mol. The van der Waals surface area contributed by atoms with Gasteiger partial charge in [0.25, 0.3) is 0 Å². The van der Waals surface area contributed by atoms with E-state index in [1.54, 1.807) is 0 Å². The standard InChI is InChI=1S/C30H29N3O2/c1-17-26(20-11-7-9-13-23(20)32(17)5)22-15-19(31(3)4)16-25-28(22)29(30(34)35-25)27-18(2)33(6)24-14-10-8-12-21(24)27/h7-16,29H,1-6H3. The van der Waals surface area contributed by atoms with E-state index in [-0.39, 0.29) is 5.97 Å². The Bertz CT molecular complexity index is 1670. The van der Waals surface area contributed by atoms with Crippen molar-refractivity contribution >= 4 is 33.5 Å². The van der Waals surface area contributed by atoms with E-state index >= 15 is 0 Å². The summed E-state index contributed by atoms with van der Waals surface area (Å²) in [6.45, 7) is 4.25. The largest absolute Gasteiger partial charge is 0.425 e. The molecule has 0 saturated carbocycles. The number of aromatic nitrogens is 2. The van der Waals surface area contributed by atoms with Gasteiger partial charge in [0.2, 0.25) is 0 Å². The number of anilines is 1. The first kappa shape index (κ1) is 21.5. The van der Waals surface area contributed by atoms with E-state index in [4.69, 9.17) is 4.74 Å². The quantitative estimate of drug-likeness (QED) is 0.241. The summed E-state index contributed by atoms with van der Waals surface area (Å²) in [7, 11) is 8.20.